The summed E-state index contributed by atoms with van der Waals surface area (Å²) in [5, 5.41) is 17.1. The summed E-state index contributed by atoms with van der Waals surface area (Å²) in [7, 11) is -4.63. The number of hydrogen-bond acceptors (Lipinski definition) is 4. The molecule has 1 aromatic rings. The van der Waals surface area contributed by atoms with Crippen LogP contribution in [0.1, 0.15) is 5.56 Å². The Kier molecular flexibility index (Phi) is 4.93. The molecule has 0 aromatic heterocycles. The molecule has 10 heteroatoms. The predicted octanol–water partition coefficient (Wildman–Crippen LogP) is 1.20. The lowest BCUT2D eigenvalue weighted by Crippen LogP contribution is -2.41. The fraction of sp³-hybridized carbons (Fsp3) is 0.273. The summed E-state index contributed by atoms with van der Waals surface area (Å²) in [6, 6.07) is 5.83. The van der Waals surface area contributed by atoms with Crippen LogP contribution in [-0.2, 0) is 14.8 Å². The number of benzene rings is 1. The number of carboxylic acids is 1. The van der Waals surface area contributed by atoms with Gasteiger partial charge in [0.05, 0.1) is 16.5 Å². The highest BCUT2D eigenvalue weighted by atomic mass is 32.2. The Hall–Kier alpha value is -2.12. The first kappa shape index (κ1) is 16.9. The smallest absolute Gasteiger partial charge is 0.402 e. The van der Waals surface area contributed by atoms with Crippen LogP contribution in [-0.4, -0.2) is 43.1 Å². The summed E-state index contributed by atoms with van der Waals surface area (Å²) >= 11 is 0. The molecule has 1 rings (SSSR count). The summed E-state index contributed by atoms with van der Waals surface area (Å²) in [4.78, 5) is 10.0. The number of aliphatic carboxylic acids is 1. The molecule has 0 saturated heterocycles. The molecule has 1 aromatic carbocycles. The monoisotopic (exact) mass is 322 g/mol. The Morgan fingerprint density at radius 3 is 2.19 bits per heavy atom. The van der Waals surface area contributed by atoms with Crippen molar-refractivity contribution < 1.29 is 31.5 Å². The second-order valence-electron chi connectivity index (χ2n) is 3.92. The van der Waals surface area contributed by atoms with Crippen molar-refractivity contribution in [3.63, 3.8) is 0 Å². The second kappa shape index (κ2) is 6.11. The first-order valence-corrected chi connectivity index (χ1v) is 6.79. The van der Waals surface area contributed by atoms with E-state index in [1.165, 1.54) is 0 Å². The zero-order valence-corrected chi connectivity index (χ0v) is 11.1. The average Bonchev–Trinajstić information content (AvgIpc) is 2.36. The molecule has 0 aliphatic carbocycles. The molecular weight excluding hydrogens is 313 g/mol. The molecule has 0 spiro atoms. The third kappa shape index (κ3) is 4.73. The van der Waals surface area contributed by atoms with E-state index >= 15 is 0 Å². The molecule has 0 aliphatic heterocycles. The van der Waals surface area contributed by atoms with Crippen LogP contribution in [0.5, 0.6) is 0 Å². The molecule has 0 atom stereocenters. The van der Waals surface area contributed by atoms with Crippen molar-refractivity contribution in [1.29, 1.82) is 5.26 Å². The standard InChI is InChI=1S/C11H9F3N2O4S/c12-11(13,14)7-16(6-10(17)18)21(19,20)9-3-1-8(5-15)2-4-9/h1-4H,6-7H2,(H,17,18). The fourth-order valence-electron chi connectivity index (χ4n) is 1.43. The van der Waals surface area contributed by atoms with Gasteiger partial charge in [0.2, 0.25) is 10.0 Å². The Morgan fingerprint density at radius 1 is 1.29 bits per heavy atom. The lowest BCUT2D eigenvalue weighted by molar-refractivity contribution is -0.146. The number of nitriles is 1. The Balaban J connectivity index is 3.19. The summed E-state index contributed by atoms with van der Waals surface area (Å²) in [6.07, 6.45) is -4.88. The molecule has 114 valence electrons. The first-order valence-electron chi connectivity index (χ1n) is 5.35. The maximum atomic E-state index is 12.4. The molecule has 0 heterocycles. The maximum Gasteiger partial charge on any atom is 0.402 e. The fourth-order valence-corrected chi connectivity index (χ4v) is 2.80. The van der Waals surface area contributed by atoms with Crippen molar-refractivity contribution in [2.75, 3.05) is 13.1 Å². The van der Waals surface area contributed by atoms with E-state index in [4.69, 9.17) is 10.4 Å². The minimum absolute atomic E-state index is 0.120. The van der Waals surface area contributed by atoms with E-state index in [0.717, 1.165) is 24.3 Å². The third-order valence-corrected chi connectivity index (χ3v) is 4.09. The molecule has 0 fully saturated rings. The normalized spacial score (nSPS) is 12.1. The minimum atomic E-state index is -4.88. The maximum absolute atomic E-state index is 12.4. The van der Waals surface area contributed by atoms with Crippen molar-refractivity contribution in [2.45, 2.75) is 11.1 Å². The van der Waals surface area contributed by atoms with Gasteiger partial charge in [0.25, 0.3) is 0 Å². The van der Waals surface area contributed by atoms with E-state index in [1.807, 2.05) is 0 Å². The van der Waals surface area contributed by atoms with Crippen LogP contribution in [0, 0.1) is 11.3 Å². The zero-order valence-electron chi connectivity index (χ0n) is 10.3. The molecule has 0 bridgehead atoms. The number of carbonyl (C=O) groups is 1. The predicted molar refractivity (Wildman–Crippen MR) is 63.6 cm³/mol. The second-order valence-corrected chi connectivity index (χ2v) is 5.86. The van der Waals surface area contributed by atoms with E-state index in [2.05, 4.69) is 0 Å². The SMILES string of the molecule is N#Cc1ccc(S(=O)(=O)N(CC(=O)O)CC(F)(F)F)cc1. The van der Waals surface area contributed by atoms with Crippen LogP contribution < -0.4 is 0 Å². The Labute approximate surface area is 118 Å². The third-order valence-electron chi connectivity index (χ3n) is 2.29. The van der Waals surface area contributed by atoms with Crippen molar-refractivity contribution in [3.05, 3.63) is 29.8 Å². The lowest BCUT2D eigenvalue weighted by atomic mass is 10.2. The van der Waals surface area contributed by atoms with Crippen LogP contribution in [0.15, 0.2) is 29.2 Å². The molecule has 6 nitrogen and oxygen atoms in total. The molecule has 0 saturated carbocycles. The number of carboxylic acid groups (broad SMARTS) is 1. The van der Waals surface area contributed by atoms with Gasteiger partial charge in [-0.1, -0.05) is 0 Å². The van der Waals surface area contributed by atoms with Gasteiger partial charge in [-0.05, 0) is 24.3 Å². The van der Waals surface area contributed by atoms with Gasteiger partial charge in [-0.15, -0.1) is 0 Å². The average molecular weight is 322 g/mol. The molecular formula is C11H9F3N2O4S. The van der Waals surface area contributed by atoms with E-state index in [1.54, 1.807) is 6.07 Å². The van der Waals surface area contributed by atoms with Crippen LogP contribution in [0.3, 0.4) is 0 Å². The highest BCUT2D eigenvalue weighted by Gasteiger charge is 2.38. The van der Waals surface area contributed by atoms with Gasteiger partial charge >= 0.3 is 12.1 Å². The number of rotatable bonds is 5. The van der Waals surface area contributed by atoms with E-state index in [9.17, 15) is 26.4 Å². The van der Waals surface area contributed by atoms with Crippen molar-refractivity contribution in [2.24, 2.45) is 0 Å². The Morgan fingerprint density at radius 2 is 1.81 bits per heavy atom. The van der Waals surface area contributed by atoms with Gasteiger partial charge in [-0.3, -0.25) is 4.79 Å². The topological polar surface area (TPSA) is 98.5 Å². The minimum Gasteiger partial charge on any atom is -0.480 e. The van der Waals surface area contributed by atoms with Crippen LogP contribution in [0.2, 0.25) is 0 Å². The molecule has 0 unspecified atom stereocenters. The molecule has 0 radical (unpaired) electrons. The Bertz CT molecular complexity index is 662. The van der Waals surface area contributed by atoms with Crippen LogP contribution >= 0.6 is 0 Å². The summed E-state index contributed by atoms with van der Waals surface area (Å²) in [6.45, 7) is -3.23. The quantitative estimate of drug-likeness (QED) is 0.878. The largest absolute Gasteiger partial charge is 0.480 e. The summed E-state index contributed by atoms with van der Waals surface area (Å²) in [5.74, 6) is -1.71. The van der Waals surface area contributed by atoms with Gasteiger partial charge in [0.15, 0.2) is 0 Å². The number of hydrogen-bond donors (Lipinski definition) is 1. The zero-order chi connectivity index (χ0) is 16.3. The molecule has 21 heavy (non-hydrogen) atoms. The molecule has 1 N–H and O–H groups in total. The van der Waals surface area contributed by atoms with Gasteiger partial charge in [-0.2, -0.15) is 22.7 Å². The van der Waals surface area contributed by atoms with E-state index in [0.29, 0.717) is 0 Å². The highest BCUT2D eigenvalue weighted by Crippen LogP contribution is 2.22. The number of halogens is 3. The highest BCUT2D eigenvalue weighted by molar-refractivity contribution is 7.89. The summed E-state index contributed by atoms with van der Waals surface area (Å²) in [5.41, 5.74) is 0.120. The number of sulfonamides is 1. The number of nitrogens with zero attached hydrogens (tertiary/aromatic N) is 2. The van der Waals surface area contributed by atoms with Gasteiger partial charge < -0.3 is 5.11 Å². The van der Waals surface area contributed by atoms with Gasteiger partial charge in [0, 0.05) is 0 Å². The van der Waals surface area contributed by atoms with Crippen molar-refractivity contribution >= 4 is 16.0 Å². The van der Waals surface area contributed by atoms with Crippen LogP contribution in [0.25, 0.3) is 0 Å². The van der Waals surface area contributed by atoms with Crippen LogP contribution in [0.4, 0.5) is 13.2 Å². The van der Waals surface area contributed by atoms with Crippen molar-refractivity contribution in [3.8, 4) is 6.07 Å². The van der Waals surface area contributed by atoms with E-state index < -0.39 is 40.2 Å². The molecule has 0 aliphatic rings. The van der Waals surface area contributed by atoms with Gasteiger partial charge in [0.1, 0.15) is 13.1 Å². The first-order chi connectivity index (χ1) is 9.56. The van der Waals surface area contributed by atoms with E-state index in [-0.39, 0.29) is 9.87 Å². The molecule has 0 amide bonds. The summed E-state index contributed by atoms with van der Waals surface area (Å²) < 4.78 is 61.0. The lowest BCUT2D eigenvalue weighted by Gasteiger charge is -2.21. The van der Waals surface area contributed by atoms with Crippen molar-refractivity contribution in [1.82, 2.24) is 4.31 Å². The number of alkyl halides is 3. The van der Waals surface area contributed by atoms with Gasteiger partial charge in [-0.25, -0.2) is 8.42 Å².